The van der Waals surface area contributed by atoms with E-state index in [2.05, 4.69) is 5.32 Å². The molecule has 3 heterocycles. The van der Waals surface area contributed by atoms with Gasteiger partial charge in [-0.2, -0.15) is 0 Å². The van der Waals surface area contributed by atoms with E-state index < -0.39 is 17.6 Å². The second-order valence-corrected chi connectivity index (χ2v) is 10.8. The number of esters is 1. The number of nitrogens with zero attached hydrogens (tertiary/aromatic N) is 3. The fourth-order valence-electron chi connectivity index (χ4n) is 4.79. The number of aryl methyl sites for hydroxylation is 1. The van der Waals surface area contributed by atoms with Crippen LogP contribution in [0.4, 0.5) is 4.79 Å². The molecule has 2 aliphatic heterocycles. The Balaban J connectivity index is 1.34. The van der Waals surface area contributed by atoms with Gasteiger partial charge in [0.2, 0.25) is 11.8 Å². The lowest BCUT2D eigenvalue weighted by molar-refractivity contribution is -0.144. The predicted molar refractivity (Wildman–Crippen MR) is 134 cm³/mol. The molecule has 0 radical (unpaired) electrons. The van der Waals surface area contributed by atoms with Gasteiger partial charge < -0.3 is 14.4 Å². The van der Waals surface area contributed by atoms with Crippen molar-refractivity contribution in [3.05, 3.63) is 34.2 Å². The van der Waals surface area contributed by atoms with Gasteiger partial charge in [0, 0.05) is 26.6 Å². The molecule has 1 atom stereocenters. The Labute approximate surface area is 214 Å². The van der Waals surface area contributed by atoms with Crippen molar-refractivity contribution in [1.29, 1.82) is 0 Å². The molecular weight excluding hydrogens is 480 g/mol. The van der Waals surface area contributed by atoms with Gasteiger partial charge in [0.05, 0.1) is 24.1 Å². The van der Waals surface area contributed by atoms with Crippen LogP contribution in [0.5, 0.6) is 0 Å². The van der Waals surface area contributed by atoms with Gasteiger partial charge in [-0.3, -0.25) is 28.8 Å². The first-order valence-electron chi connectivity index (χ1n) is 12.6. The number of imide groups is 1. The summed E-state index contributed by atoms with van der Waals surface area (Å²) in [5, 5.41) is 2.29. The van der Waals surface area contributed by atoms with E-state index in [-0.39, 0.29) is 55.4 Å². The van der Waals surface area contributed by atoms with Crippen LogP contribution in [0.3, 0.4) is 0 Å². The first-order chi connectivity index (χ1) is 17.4. The molecule has 2 fully saturated rings. The third kappa shape index (κ3) is 6.03. The minimum Gasteiger partial charge on any atom is -0.465 e. The fourth-order valence-corrected chi connectivity index (χ4v) is 4.79. The van der Waals surface area contributed by atoms with Crippen molar-refractivity contribution < 1.29 is 28.7 Å². The van der Waals surface area contributed by atoms with Gasteiger partial charge in [0.15, 0.2) is 0 Å². The Morgan fingerprint density at radius 2 is 1.76 bits per heavy atom. The summed E-state index contributed by atoms with van der Waals surface area (Å²) in [5.74, 6) is -1.03. The average molecular weight is 515 g/mol. The number of carbonyl (C=O) groups is 4. The van der Waals surface area contributed by atoms with Crippen LogP contribution in [0, 0.1) is 5.92 Å². The number of imidazole rings is 1. The number of rotatable bonds is 5. The monoisotopic (exact) mass is 514 g/mol. The van der Waals surface area contributed by atoms with Gasteiger partial charge in [-0.25, -0.2) is 9.59 Å². The van der Waals surface area contributed by atoms with Gasteiger partial charge in [0.1, 0.15) is 11.6 Å². The lowest BCUT2D eigenvalue weighted by atomic mass is 9.98. The van der Waals surface area contributed by atoms with E-state index in [4.69, 9.17) is 9.47 Å². The van der Waals surface area contributed by atoms with E-state index in [1.165, 1.54) is 9.13 Å². The summed E-state index contributed by atoms with van der Waals surface area (Å²) in [6.45, 7) is 6.92. The molecule has 1 aromatic carbocycles. The molecule has 2 saturated heterocycles. The number of aromatic nitrogens is 2. The first-order valence-corrected chi connectivity index (χ1v) is 12.6. The molecule has 1 N–H and O–H groups in total. The molecule has 37 heavy (non-hydrogen) atoms. The third-order valence-corrected chi connectivity index (χ3v) is 6.77. The van der Waals surface area contributed by atoms with E-state index in [0.717, 1.165) is 12.8 Å². The van der Waals surface area contributed by atoms with E-state index >= 15 is 0 Å². The highest BCUT2D eigenvalue weighted by Crippen LogP contribution is 2.24. The fraction of sp³-hybridized carbons (Fsp3) is 0.577. The zero-order valence-corrected chi connectivity index (χ0v) is 21.7. The standard InChI is InChI=1S/C26H34N4O7/c1-26(2,3)37-25(35)29-11-9-16(10-12-29)15-36-22(32)14-17-5-6-18-20(13-17)28(4)24(34)30(18)19-7-8-21(31)27-23(19)33/h5-6,13,16,19H,7-12,14-15H2,1-4H3,(H,27,31,33). The van der Waals surface area contributed by atoms with Crippen LogP contribution in [0.1, 0.15) is 58.1 Å². The Morgan fingerprint density at radius 1 is 1.05 bits per heavy atom. The zero-order valence-electron chi connectivity index (χ0n) is 21.7. The quantitative estimate of drug-likeness (QED) is 0.478. The lowest BCUT2D eigenvalue weighted by Gasteiger charge is -2.33. The Morgan fingerprint density at radius 3 is 2.41 bits per heavy atom. The lowest BCUT2D eigenvalue weighted by Crippen LogP contribution is -2.44. The van der Waals surface area contributed by atoms with E-state index in [0.29, 0.717) is 29.7 Å². The van der Waals surface area contributed by atoms with Crippen LogP contribution < -0.4 is 11.0 Å². The van der Waals surface area contributed by atoms with E-state index in [1.807, 2.05) is 20.8 Å². The summed E-state index contributed by atoms with van der Waals surface area (Å²) in [4.78, 5) is 63.2. The van der Waals surface area contributed by atoms with Crippen molar-refractivity contribution >= 4 is 34.9 Å². The van der Waals surface area contributed by atoms with Crippen molar-refractivity contribution in [1.82, 2.24) is 19.4 Å². The van der Waals surface area contributed by atoms with E-state index in [1.54, 1.807) is 30.1 Å². The number of piperidine rings is 2. The maximum atomic E-state index is 12.9. The van der Waals surface area contributed by atoms with Crippen LogP contribution in [0.15, 0.2) is 23.0 Å². The summed E-state index contributed by atoms with van der Waals surface area (Å²) in [5.41, 5.74) is 0.951. The van der Waals surface area contributed by atoms with Crippen molar-refractivity contribution in [2.75, 3.05) is 19.7 Å². The van der Waals surface area contributed by atoms with E-state index in [9.17, 15) is 24.0 Å². The minimum atomic E-state index is -0.758. The maximum Gasteiger partial charge on any atom is 0.410 e. The van der Waals surface area contributed by atoms with Crippen LogP contribution >= 0.6 is 0 Å². The molecule has 0 spiro atoms. The van der Waals surface area contributed by atoms with Crippen LogP contribution in [0.25, 0.3) is 11.0 Å². The number of hydrogen-bond acceptors (Lipinski definition) is 7. The summed E-state index contributed by atoms with van der Waals surface area (Å²) in [7, 11) is 1.61. The number of fused-ring (bicyclic) bond motifs is 1. The molecule has 0 aliphatic carbocycles. The summed E-state index contributed by atoms with van der Waals surface area (Å²) < 4.78 is 13.8. The van der Waals surface area contributed by atoms with Crippen LogP contribution in [-0.2, 0) is 37.3 Å². The van der Waals surface area contributed by atoms with Crippen molar-refractivity contribution in [3.8, 4) is 0 Å². The van der Waals surface area contributed by atoms with Gasteiger partial charge >= 0.3 is 17.8 Å². The average Bonchev–Trinajstić information content (AvgIpc) is 3.07. The van der Waals surface area contributed by atoms with Crippen molar-refractivity contribution in [3.63, 3.8) is 0 Å². The highest BCUT2D eigenvalue weighted by Gasteiger charge is 2.31. The van der Waals surface area contributed by atoms with Gasteiger partial charge in [-0.05, 0) is 63.6 Å². The summed E-state index contributed by atoms with van der Waals surface area (Å²) in [6, 6.07) is 4.45. The molecule has 1 aromatic heterocycles. The molecule has 0 bridgehead atoms. The molecule has 2 aromatic rings. The number of likely N-dealkylation sites (tertiary alicyclic amines) is 1. The first kappa shape index (κ1) is 26.4. The zero-order chi connectivity index (χ0) is 26.9. The number of hydrogen-bond donors (Lipinski definition) is 1. The second kappa shape index (κ2) is 10.4. The van der Waals surface area contributed by atoms with Crippen molar-refractivity contribution in [2.24, 2.45) is 13.0 Å². The number of carbonyl (C=O) groups excluding carboxylic acids is 4. The van der Waals surface area contributed by atoms with Crippen LogP contribution in [0.2, 0.25) is 0 Å². The van der Waals surface area contributed by atoms with Crippen molar-refractivity contribution in [2.45, 2.75) is 64.5 Å². The van der Waals surface area contributed by atoms with Gasteiger partial charge in [-0.15, -0.1) is 0 Å². The summed E-state index contributed by atoms with van der Waals surface area (Å²) >= 11 is 0. The topological polar surface area (TPSA) is 129 Å². The molecule has 11 heteroatoms. The molecule has 0 saturated carbocycles. The maximum absolute atomic E-state index is 12.9. The minimum absolute atomic E-state index is 0.0461. The molecule has 11 nitrogen and oxygen atoms in total. The molecule has 1 unspecified atom stereocenters. The number of nitrogens with one attached hydrogen (secondary N) is 1. The molecule has 4 rings (SSSR count). The Hall–Kier alpha value is -3.63. The Kier molecular flexibility index (Phi) is 7.42. The Bertz CT molecular complexity index is 1280. The number of ether oxygens (including phenoxy) is 2. The third-order valence-electron chi connectivity index (χ3n) is 6.77. The highest BCUT2D eigenvalue weighted by atomic mass is 16.6. The molecular formula is C26H34N4O7. The number of benzene rings is 1. The predicted octanol–water partition coefficient (Wildman–Crippen LogP) is 2.05. The summed E-state index contributed by atoms with van der Waals surface area (Å²) in [6.07, 6.45) is 1.62. The molecule has 3 amide bonds. The molecule has 200 valence electrons. The highest BCUT2D eigenvalue weighted by molar-refractivity contribution is 6.00. The molecule has 2 aliphatic rings. The van der Waals surface area contributed by atoms with Crippen LogP contribution in [-0.4, -0.2) is 63.2 Å². The normalized spacial score (nSPS) is 19.1. The SMILES string of the molecule is Cn1c(=O)n(C2CCC(=O)NC2=O)c2ccc(CC(=O)OCC3CCN(C(=O)OC(C)(C)C)CC3)cc21. The second-order valence-electron chi connectivity index (χ2n) is 10.8. The largest absolute Gasteiger partial charge is 0.465 e. The number of amides is 3. The smallest absolute Gasteiger partial charge is 0.410 e. The van der Waals surface area contributed by atoms with Gasteiger partial charge in [-0.1, -0.05) is 6.07 Å². The van der Waals surface area contributed by atoms with Gasteiger partial charge in [0.25, 0.3) is 0 Å².